The maximum atomic E-state index is 13.6. The number of para-hydroxylation sites is 1. The number of methoxy groups -OCH3 is 3. The molecule has 2 N–H and O–H groups in total. The summed E-state index contributed by atoms with van der Waals surface area (Å²) in [7, 11) is 4.64. The number of hydrogen-bond donors (Lipinski definition) is 2. The molecular weight excluding hydrogens is 448 g/mol. The third-order valence-electron chi connectivity index (χ3n) is 6.13. The Kier molecular flexibility index (Phi) is 5.74. The molecule has 0 spiro atoms. The number of benzene rings is 2. The van der Waals surface area contributed by atoms with Crippen LogP contribution in [0, 0.1) is 0 Å². The molecule has 9 nitrogen and oxygen atoms in total. The normalized spacial score (nSPS) is 14.7. The molecule has 0 saturated heterocycles. The second-order valence-corrected chi connectivity index (χ2v) is 8.03. The number of nitrogens with zero attached hydrogens (tertiary/aromatic N) is 3. The largest absolute Gasteiger partial charge is 0.507 e. The Labute approximate surface area is 201 Å². The molecule has 0 fully saturated rings. The lowest BCUT2D eigenvalue weighted by molar-refractivity contribution is 0.0729. The Hall–Kier alpha value is -4.53. The van der Waals surface area contributed by atoms with E-state index in [1.54, 1.807) is 56.8 Å². The van der Waals surface area contributed by atoms with Gasteiger partial charge in [-0.3, -0.25) is 14.9 Å². The van der Waals surface area contributed by atoms with Crippen molar-refractivity contribution in [3.8, 4) is 34.3 Å². The Balaban J connectivity index is 1.72. The third kappa shape index (κ3) is 3.71. The average molecular weight is 473 g/mol. The summed E-state index contributed by atoms with van der Waals surface area (Å²) in [6.45, 7) is 0.339. The van der Waals surface area contributed by atoms with Gasteiger partial charge in [-0.15, -0.1) is 0 Å². The number of rotatable bonds is 7. The number of aromatic amines is 1. The predicted octanol–water partition coefficient (Wildman–Crippen LogP) is 3.95. The molecule has 1 unspecified atom stereocenters. The van der Waals surface area contributed by atoms with Gasteiger partial charge in [-0.05, 0) is 47.5 Å². The lowest BCUT2D eigenvalue weighted by Crippen LogP contribution is -2.29. The smallest absolute Gasteiger partial charge is 0.273 e. The first kappa shape index (κ1) is 22.3. The average Bonchev–Trinajstić information content (AvgIpc) is 3.43. The minimum absolute atomic E-state index is 0.0745. The van der Waals surface area contributed by atoms with Gasteiger partial charge in [-0.25, -0.2) is 0 Å². The number of aromatic hydroxyl groups is 1. The molecule has 0 radical (unpaired) electrons. The first-order valence-corrected chi connectivity index (χ1v) is 10.9. The van der Waals surface area contributed by atoms with Crippen molar-refractivity contribution in [3.63, 3.8) is 0 Å². The van der Waals surface area contributed by atoms with Gasteiger partial charge in [0.15, 0.2) is 11.5 Å². The molecule has 0 saturated carbocycles. The van der Waals surface area contributed by atoms with Crippen molar-refractivity contribution in [3.05, 3.63) is 83.3 Å². The minimum atomic E-state index is -0.535. The molecule has 0 aliphatic carbocycles. The maximum absolute atomic E-state index is 13.6. The molecular formula is C26H24N4O5. The van der Waals surface area contributed by atoms with Gasteiger partial charge in [0, 0.05) is 30.1 Å². The zero-order valence-corrected chi connectivity index (χ0v) is 19.5. The van der Waals surface area contributed by atoms with Crippen LogP contribution >= 0.6 is 0 Å². The SMILES string of the molecule is COc1cc(C2c3c(-c4ccccc4O)n[nH]c3C(=O)N2Cc2ccncc2)cc(OC)c1OC. The Morgan fingerprint density at radius 3 is 2.31 bits per heavy atom. The van der Waals surface area contributed by atoms with E-state index < -0.39 is 6.04 Å². The van der Waals surface area contributed by atoms with Crippen molar-refractivity contribution in [2.24, 2.45) is 0 Å². The second kappa shape index (κ2) is 9.02. The van der Waals surface area contributed by atoms with E-state index in [1.165, 1.54) is 0 Å². The lowest BCUT2D eigenvalue weighted by atomic mass is 9.95. The Morgan fingerprint density at radius 2 is 1.69 bits per heavy atom. The van der Waals surface area contributed by atoms with E-state index in [0.717, 1.165) is 11.1 Å². The van der Waals surface area contributed by atoms with Crippen molar-refractivity contribution >= 4 is 5.91 Å². The summed E-state index contributed by atoms with van der Waals surface area (Å²) in [5.41, 5.74) is 3.74. The van der Waals surface area contributed by atoms with Gasteiger partial charge in [-0.2, -0.15) is 5.10 Å². The molecule has 1 amide bonds. The number of pyridine rings is 1. The third-order valence-corrected chi connectivity index (χ3v) is 6.13. The van der Waals surface area contributed by atoms with Crippen LogP contribution in [0.3, 0.4) is 0 Å². The van der Waals surface area contributed by atoms with Crippen LogP contribution in [-0.2, 0) is 6.54 Å². The maximum Gasteiger partial charge on any atom is 0.273 e. The fourth-order valence-electron chi connectivity index (χ4n) is 4.53. The summed E-state index contributed by atoms with van der Waals surface area (Å²) in [4.78, 5) is 19.5. The van der Waals surface area contributed by atoms with Crippen molar-refractivity contribution in [2.75, 3.05) is 21.3 Å². The van der Waals surface area contributed by atoms with Crippen LogP contribution < -0.4 is 14.2 Å². The summed E-state index contributed by atoms with van der Waals surface area (Å²) in [6, 6.07) is 13.8. The molecule has 4 aromatic rings. The fraction of sp³-hybridized carbons (Fsp3) is 0.192. The van der Waals surface area contributed by atoms with E-state index >= 15 is 0 Å². The number of aromatic nitrogens is 3. The van der Waals surface area contributed by atoms with E-state index in [9.17, 15) is 9.90 Å². The number of carbonyl (C=O) groups is 1. The van der Waals surface area contributed by atoms with Gasteiger partial charge >= 0.3 is 0 Å². The quantitative estimate of drug-likeness (QED) is 0.419. The number of amides is 1. The molecule has 3 heterocycles. The van der Waals surface area contributed by atoms with Crippen LogP contribution in [0.25, 0.3) is 11.3 Å². The zero-order chi connectivity index (χ0) is 24.5. The molecule has 178 valence electrons. The van der Waals surface area contributed by atoms with E-state index in [4.69, 9.17) is 14.2 Å². The molecule has 2 aromatic heterocycles. The first-order valence-electron chi connectivity index (χ1n) is 10.9. The van der Waals surface area contributed by atoms with Crippen molar-refractivity contribution in [1.29, 1.82) is 0 Å². The monoisotopic (exact) mass is 472 g/mol. The van der Waals surface area contributed by atoms with Crippen molar-refractivity contribution < 1.29 is 24.1 Å². The zero-order valence-electron chi connectivity index (χ0n) is 19.5. The van der Waals surface area contributed by atoms with Gasteiger partial charge in [0.2, 0.25) is 5.75 Å². The van der Waals surface area contributed by atoms with E-state index in [0.29, 0.717) is 46.3 Å². The highest BCUT2D eigenvalue weighted by atomic mass is 16.5. The fourth-order valence-corrected chi connectivity index (χ4v) is 4.53. The number of phenols is 1. The first-order chi connectivity index (χ1) is 17.1. The molecule has 5 rings (SSSR count). The number of hydrogen-bond acceptors (Lipinski definition) is 7. The van der Waals surface area contributed by atoms with Crippen LogP contribution in [0.5, 0.6) is 23.0 Å². The summed E-state index contributed by atoms with van der Waals surface area (Å²) in [5, 5.41) is 17.9. The number of ether oxygens (including phenoxy) is 3. The van der Waals surface area contributed by atoms with E-state index in [-0.39, 0.29) is 11.7 Å². The highest BCUT2D eigenvalue weighted by molar-refractivity contribution is 6.00. The van der Waals surface area contributed by atoms with Crippen molar-refractivity contribution in [1.82, 2.24) is 20.1 Å². The Morgan fingerprint density at radius 1 is 1.00 bits per heavy atom. The molecule has 2 aromatic carbocycles. The molecule has 35 heavy (non-hydrogen) atoms. The van der Waals surface area contributed by atoms with Gasteiger partial charge in [0.25, 0.3) is 5.91 Å². The highest BCUT2D eigenvalue weighted by Gasteiger charge is 2.43. The topological polar surface area (TPSA) is 110 Å². The van der Waals surface area contributed by atoms with Gasteiger partial charge in [0.1, 0.15) is 17.1 Å². The van der Waals surface area contributed by atoms with E-state index in [1.807, 2.05) is 30.3 Å². The second-order valence-electron chi connectivity index (χ2n) is 8.03. The van der Waals surface area contributed by atoms with Crippen LogP contribution in [0.4, 0.5) is 0 Å². The number of H-pyrrole nitrogens is 1. The highest BCUT2D eigenvalue weighted by Crippen LogP contribution is 2.48. The Bertz CT molecular complexity index is 1360. The minimum Gasteiger partial charge on any atom is -0.507 e. The summed E-state index contributed by atoms with van der Waals surface area (Å²) in [6.07, 6.45) is 3.39. The summed E-state index contributed by atoms with van der Waals surface area (Å²) in [5.74, 6) is 1.27. The van der Waals surface area contributed by atoms with Crippen LogP contribution in [0.15, 0.2) is 60.9 Å². The number of carbonyl (C=O) groups excluding carboxylic acids is 1. The molecule has 9 heteroatoms. The molecule has 1 aliphatic heterocycles. The molecule has 1 aliphatic rings. The summed E-state index contributed by atoms with van der Waals surface area (Å²) >= 11 is 0. The van der Waals surface area contributed by atoms with Gasteiger partial charge in [-0.1, -0.05) is 12.1 Å². The van der Waals surface area contributed by atoms with Gasteiger partial charge < -0.3 is 24.2 Å². The number of nitrogens with one attached hydrogen (secondary N) is 1. The number of phenolic OH excluding ortho intramolecular Hbond substituents is 1. The van der Waals surface area contributed by atoms with Crippen LogP contribution in [0.2, 0.25) is 0 Å². The summed E-state index contributed by atoms with van der Waals surface area (Å²) < 4.78 is 16.7. The van der Waals surface area contributed by atoms with Crippen molar-refractivity contribution in [2.45, 2.75) is 12.6 Å². The van der Waals surface area contributed by atoms with Gasteiger partial charge in [0.05, 0.1) is 27.4 Å². The van der Waals surface area contributed by atoms with Crippen LogP contribution in [0.1, 0.15) is 33.2 Å². The standard InChI is InChI=1S/C26H24N4O5/c1-33-19-12-16(13-20(34-2)25(19)35-3)24-21-22(17-6-4-5-7-18(17)31)28-29-23(21)26(32)30(24)14-15-8-10-27-11-9-15/h4-13,24,31H,14H2,1-3H3,(H,28,29). The van der Waals surface area contributed by atoms with Crippen LogP contribution in [-0.4, -0.2) is 52.4 Å². The molecule has 0 bridgehead atoms. The predicted molar refractivity (Wildman–Crippen MR) is 128 cm³/mol. The lowest BCUT2D eigenvalue weighted by Gasteiger charge is -2.27. The number of fused-ring (bicyclic) bond motifs is 1. The van der Waals surface area contributed by atoms with E-state index in [2.05, 4.69) is 15.2 Å². The molecule has 1 atom stereocenters.